The van der Waals surface area contributed by atoms with Gasteiger partial charge in [0.1, 0.15) is 5.69 Å². The maximum Gasteiger partial charge on any atom is 0.212 e. The van der Waals surface area contributed by atoms with E-state index in [0.717, 1.165) is 12.0 Å². The Bertz CT molecular complexity index is 557. The van der Waals surface area contributed by atoms with Gasteiger partial charge in [-0.15, -0.1) is 5.10 Å². The lowest BCUT2D eigenvalue weighted by atomic mass is 10.1. The minimum Gasteiger partial charge on any atom is -0.287 e. The number of halogens is 1. The van der Waals surface area contributed by atoms with Crippen LogP contribution in [0, 0.1) is 6.92 Å². The number of aryl methyl sites for hydroxylation is 2. The van der Waals surface area contributed by atoms with Gasteiger partial charge >= 0.3 is 0 Å². The quantitative estimate of drug-likeness (QED) is 0.797. The Balaban J connectivity index is 2.38. The molecular weight excluding hydrogens is 250 g/mol. The number of benzene rings is 1. The second-order valence-corrected chi connectivity index (χ2v) is 4.63. The van der Waals surface area contributed by atoms with Gasteiger partial charge in [0, 0.05) is 17.1 Å². The van der Waals surface area contributed by atoms with Gasteiger partial charge in [0.05, 0.1) is 6.20 Å². The largest absolute Gasteiger partial charge is 0.287 e. The van der Waals surface area contributed by atoms with Gasteiger partial charge in [-0.05, 0) is 37.1 Å². The summed E-state index contributed by atoms with van der Waals surface area (Å²) in [5.74, 6) is -0.0981. The topological polar surface area (TPSA) is 47.8 Å². The van der Waals surface area contributed by atoms with Crippen molar-refractivity contribution >= 4 is 17.4 Å². The van der Waals surface area contributed by atoms with E-state index in [4.69, 9.17) is 11.6 Å². The summed E-state index contributed by atoms with van der Waals surface area (Å²) in [6.45, 7) is 4.62. The van der Waals surface area contributed by atoms with Crippen molar-refractivity contribution in [3.63, 3.8) is 0 Å². The lowest BCUT2D eigenvalue weighted by molar-refractivity contribution is 0.102. The molecule has 2 rings (SSSR count). The van der Waals surface area contributed by atoms with E-state index in [1.807, 2.05) is 26.0 Å². The first kappa shape index (κ1) is 12.8. The molecule has 94 valence electrons. The van der Waals surface area contributed by atoms with Gasteiger partial charge in [-0.1, -0.05) is 23.7 Å². The second kappa shape index (κ2) is 5.31. The fourth-order valence-corrected chi connectivity index (χ4v) is 2.12. The van der Waals surface area contributed by atoms with Crippen LogP contribution >= 0.6 is 11.6 Å². The number of nitrogens with zero attached hydrogens (tertiary/aromatic N) is 3. The summed E-state index contributed by atoms with van der Waals surface area (Å²) < 4.78 is 1.62. The van der Waals surface area contributed by atoms with E-state index >= 15 is 0 Å². The Morgan fingerprint density at radius 2 is 2.17 bits per heavy atom. The van der Waals surface area contributed by atoms with Crippen molar-refractivity contribution in [2.75, 3.05) is 0 Å². The van der Waals surface area contributed by atoms with Gasteiger partial charge in [-0.3, -0.25) is 4.79 Å². The van der Waals surface area contributed by atoms with Crippen LogP contribution in [-0.4, -0.2) is 20.8 Å². The molecule has 2 aromatic rings. The van der Waals surface area contributed by atoms with Gasteiger partial charge in [-0.2, -0.15) is 0 Å². The highest BCUT2D eigenvalue weighted by atomic mass is 35.5. The average molecular weight is 264 g/mol. The van der Waals surface area contributed by atoms with E-state index in [-0.39, 0.29) is 5.78 Å². The van der Waals surface area contributed by atoms with Crippen LogP contribution in [-0.2, 0) is 6.54 Å². The third kappa shape index (κ3) is 2.59. The Kier molecular flexibility index (Phi) is 3.77. The molecule has 0 aliphatic carbocycles. The van der Waals surface area contributed by atoms with Gasteiger partial charge in [0.25, 0.3) is 0 Å². The van der Waals surface area contributed by atoms with Crippen LogP contribution in [0.3, 0.4) is 0 Å². The van der Waals surface area contributed by atoms with Crippen LogP contribution in [0.25, 0.3) is 0 Å². The molecule has 0 unspecified atom stereocenters. The number of rotatable bonds is 4. The van der Waals surface area contributed by atoms with Crippen molar-refractivity contribution in [2.24, 2.45) is 0 Å². The summed E-state index contributed by atoms with van der Waals surface area (Å²) in [5.41, 5.74) is 2.03. The molecular formula is C13H14ClN3O. The predicted octanol–water partition coefficient (Wildman–Crippen LogP) is 2.88. The molecule has 18 heavy (non-hydrogen) atoms. The third-order valence-electron chi connectivity index (χ3n) is 2.59. The number of hydrogen-bond acceptors (Lipinski definition) is 3. The summed E-state index contributed by atoms with van der Waals surface area (Å²) in [6, 6.07) is 5.30. The summed E-state index contributed by atoms with van der Waals surface area (Å²) in [7, 11) is 0. The van der Waals surface area contributed by atoms with E-state index in [9.17, 15) is 4.79 Å². The molecule has 0 saturated heterocycles. The molecule has 0 saturated carbocycles. The van der Waals surface area contributed by atoms with E-state index < -0.39 is 0 Å². The van der Waals surface area contributed by atoms with Gasteiger partial charge in [0.15, 0.2) is 0 Å². The molecule has 1 aromatic carbocycles. The minimum absolute atomic E-state index is 0.0981. The highest BCUT2D eigenvalue weighted by molar-refractivity contribution is 6.31. The van der Waals surface area contributed by atoms with Crippen molar-refractivity contribution in [3.8, 4) is 0 Å². The number of carbonyl (C=O) groups is 1. The summed E-state index contributed by atoms with van der Waals surface area (Å²) in [6.07, 6.45) is 2.40. The van der Waals surface area contributed by atoms with Crippen molar-refractivity contribution in [1.29, 1.82) is 0 Å². The Morgan fingerprint density at radius 3 is 2.83 bits per heavy atom. The molecule has 0 aliphatic heterocycles. The molecule has 0 amide bonds. The fourth-order valence-electron chi connectivity index (χ4n) is 1.83. The van der Waals surface area contributed by atoms with Crippen molar-refractivity contribution < 1.29 is 4.79 Å². The van der Waals surface area contributed by atoms with Gasteiger partial charge in [-0.25, -0.2) is 4.68 Å². The molecule has 0 fully saturated rings. The molecule has 0 spiro atoms. The molecule has 0 bridgehead atoms. The fraction of sp³-hybridized carbons (Fsp3) is 0.308. The molecule has 0 radical (unpaired) electrons. The zero-order valence-electron chi connectivity index (χ0n) is 10.4. The number of aromatic nitrogens is 3. The molecule has 5 heteroatoms. The van der Waals surface area contributed by atoms with Crippen molar-refractivity contribution in [2.45, 2.75) is 26.8 Å². The molecule has 1 heterocycles. The normalized spacial score (nSPS) is 10.6. The van der Waals surface area contributed by atoms with Crippen LogP contribution in [0.15, 0.2) is 24.4 Å². The Morgan fingerprint density at radius 1 is 1.39 bits per heavy atom. The molecule has 0 N–H and O–H groups in total. The van der Waals surface area contributed by atoms with Crippen LogP contribution in [0.5, 0.6) is 0 Å². The van der Waals surface area contributed by atoms with E-state index in [1.54, 1.807) is 10.7 Å². The minimum atomic E-state index is -0.0981. The van der Waals surface area contributed by atoms with Crippen molar-refractivity contribution in [3.05, 3.63) is 46.2 Å². The first-order valence-corrected chi connectivity index (χ1v) is 6.20. The SMILES string of the molecule is CCCn1nncc1C(=O)c1cc(C)cc(Cl)c1. The van der Waals surface area contributed by atoms with E-state index in [2.05, 4.69) is 10.3 Å². The summed E-state index contributed by atoms with van der Waals surface area (Å²) in [5, 5.41) is 8.26. The maximum atomic E-state index is 12.3. The van der Waals surface area contributed by atoms with Gasteiger partial charge in [0.2, 0.25) is 5.78 Å². The zero-order valence-corrected chi connectivity index (χ0v) is 11.1. The first-order chi connectivity index (χ1) is 8.61. The van der Waals surface area contributed by atoms with E-state index in [1.165, 1.54) is 6.20 Å². The zero-order chi connectivity index (χ0) is 13.1. The standard InChI is InChI=1S/C13H14ClN3O/c1-3-4-17-12(8-15-16-17)13(18)10-5-9(2)6-11(14)7-10/h5-8H,3-4H2,1-2H3. The highest BCUT2D eigenvalue weighted by Gasteiger charge is 2.15. The lowest BCUT2D eigenvalue weighted by Crippen LogP contribution is -2.11. The predicted molar refractivity (Wildman–Crippen MR) is 69.9 cm³/mol. The molecule has 0 atom stereocenters. The summed E-state index contributed by atoms with van der Waals surface area (Å²) in [4.78, 5) is 12.3. The van der Waals surface area contributed by atoms with Crippen molar-refractivity contribution in [1.82, 2.24) is 15.0 Å². The molecule has 0 aliphatic rings. The monoisotopic (exact) mass is 263 g/mol. The second-order valence-electron chi connectivity index (χ2n) is 4.19. The van der Waals surface area contributed by atoms with E-state index in [0.29, 0.717) is 22.8 Å². The number of ketones is 1. The first-order valence-electron chi connectivity index (χ1n) is 5.82. The Labute approximate surface area is 111 Å². The maximum absolute atomic E-state index is 12.3. The third-order valence-corrected chi connectivity index (χ3v) is 2.81. The summed E-state index contributed by atoms with van der Waals surface area (Å²) >= 11 is 5.97. The number of carbonyl (C=O) groups excluding carboxylic acids is 1. The number of hydrogen-bond donors (Lipinski definition) is 0. The lowest BCUT2D eigenvalue weighted by Gasteiger charge is -2.05. The highest BCUT2D eigenvalue weighted by Crippen LogP contribution is 2.17. The van der Waals surface area contributed by atoms with Crippen LogP contribution in [0.2, 0.25) is 5.02 Å². The van der Waals surface area contributed by atoms with Crippen LogP contribution in [0.4, 0.5) is 0 Å². The van der Waals surface area contributed by atoms with Crippen LogP contribution in [0.1, 0.15) is 35.0 Å². The average Bonchev–Trinajstić information content (AvgIpc) is 2.75. The smallest absolute Gasteiger partial charge is 0.212 e. The van der Waals surface area contributed by atoms with Crippen LogP contribution < -0.4 is 0 Å². The molecule has 4 nitrogen and oxygen atoms in total. The molecule has 1 aromatic heterocycles. The van der Waals surface area contributed by atoms with Gasteiger partial charge < -0.3 is 0 Å². The Hall–Kier alpha value is -1.68.